The number of aromatic nitrogens is 4. The lowest BCUT2D eigenvalue weighted by Gasteiger charge is -2.45. The lowest BCUT2D eigenvalue weighted by Crippen LogP contribution is -2.54. The zero-order chi connectivity index (χ0) is 22.0. The summed E-state index contributed by atoms with van der Waals surface area (Å²) in [5.74, 6) is 1.01. The van der Waals surface area contributed by atoms with Gasteiger partial charge in [0.2, 0.25) is 0 Å². The predicted octanol–water partition coefficient (Wildman–Crippen LogP) is 4.81. The van der Waals surface area contributed by atoms with Crippen LogP contribution in [0.15, 0.2) is 49.1 Å². The summed E-state index contributed by atoms with van der Waals surface area (Å²) in [6.07, 6.45) is 7.38. The number of nitrogens with one attached hydrogen (secondary N) is 1. The van der Waals surface area contributed by atoms with Crippen LogP contribution in [0.4, 0.5) is 14.9 Å². The van der Waals surface area contributed by atoms with Crippen molar-refractivity contribution in [3.8, 4) is 11.4 Å². The van der Waals surface area contributed by atoms with Gasteiger partial charge in [-0.3, -0.25) is 0 Å². The van der Waals surface area contributed by atoms with E-state index in [0.717, 1.165) is 36.4 Å². The number of amides is 2. The quantitative estimate of drug-likeness (QED) is 0.655. The SMILES string of the molecule is Cc1ccc(NC(=O)N2CC[C@H](C)C[C@@]2(C)c2ncccn2)cc1-c1ncc(F)cn1.[HH]. The fourth-order valence-corrected chi connectivity index (χ4v) is 4.18. The molecule has 1 N–H and O–H groups in total. The number of carbonyl (C=O) groups is 1. The van der Waals surface area contributed by atoms with Gasteiger partial charge < -0.3 is 10.2 Å². The molecular weight excluding hydrogens is 395 g/mol. The van der Waals surface area contributed by atoms with E-state index in [-0.39, 0.29) is 7.46 Å². The van der Waals surface area contributed by atoms with E-state index in [9.17, 15) is 9.18 Å². The third-order valence-electron chi connectivity index (χ3n) is 5.83. The average Bonchev–Trinajstić information content (AvgIpc) is 2.76. The van der Waals surface area contributed by atoms with E-state index in [1.165, 1.54) is 0 Å². The zero-order valence-corrected chi connectivity index (χ0v) is 17.8. The highest BCUT2D eigenvalue weighted by atomic mass is 19.1. The van der Waals surface area contributed by atoms with E-state index in [1.807, 2.05) is 36.9 Å². The molecule has 2 amide bonds. The van der Waals surface area contributed by atoms with E-state index in [0.29, 0.717) is 29.8 Å². The second kappa shape index (κ2) is 8.37. The Labute approximate surface area is 182 Å². The van der Waals surface area contributed by atoms with Gasteiger partial charge in [-0.2, -0.15) is 0 Å². The third-order valence-corrected chi connectivity index (χ3v) is 5.83. The Balaban J connectivity index is 0.00000289. The Morgan fingerprint density at radius 3 is 2.65 bits per heavy atom. The van der Waals surface area contributed by atoms with Gasteiger partial charge in [0.15, 0.2) is 17.5 Å². The van der Waals surface area contributed by atoms with Gasteiger partial charge in [-0.25, -0.2) is 29.1 Å². The lowest BCUT2D eigenvalue weighted by atomic mass is 9.81. The minimum absolute atomic E-state index is 0. The molecule has 3 heterocycles. The molecule has 2 aromatic heterocycles. The number of halogens is 1. The van der Waals surface area contributed by atoms with E-state index in [2.05, 4.69) is 32.2 Å². The molecule has 0 bridgehead atoms. The summed E-state index contributed by atoms with van der Waals surface area (Å²) >= 11 is 0. The molecule has 162 valence electrons. The Hall–Kier alpha value is -3.42. The number of likely N-dealkylation sites (tertiary alicyclic amines) is 1. The van der Waals surface area contributed by atoms with Crippen LogP contribution in [0.1, 0.15) is 39.5 Å². The molecule has 1 saturated heterocycles. The van der Waals surface area contributed by atoms with Crippen LogP contribution < -0.4 is 5.32 Å². The number of rotatable bonds is 3. The van der Waals surface area contributed by atoms with Crippen molar-refractivity contribution < 1.29 is 10.6 Å². The summed E-state index contributed by atoms with van der Waals surface area (Å²) in [6, 6.07) is 7.09. The standard InChI is InChI=1S/C23H25FN6O.H2/c1-15-7-10-30(23(3,12-15)21-25-8-4-9-26-21)22(31)29-18-6-5-16(2)19(11-18)20-27-13-17(24)14-28-20;/h4-6,8-9,11,13-15H,7,10,12H2,1-3H3,(H,29,31);1H/t15-,23-;/m0./s1. The van der Waals surface area contributed by atoms with Crippen molar-refractivity contribution in [1.29, 1.82) is 0 Å². The van der Waals surface area contributed by atoms with Crippen LogP contribution in [0.2, 0.25) is 0 Å². The van der Waals surface area contributed by atoms with Crippen LogP contribution in [-0.2, 0) is 5.54 Å². The lowest BCUT2D eigenvalue weighted by molar-refractivity contribution is 0.0651. The van der Waals surface area contributed by atoms with Crippen molar-refractivity contribution in [3.05, 3.63) is 66.3 Å². The van der Waals surface area contributed by atoms with Crippen molar-refractivity contribution in [3.63, 3.8) is 0 Å². The number of benzene rings is 1. The van der Waals surface area contributed by atoms with Crippen LogP contribution in [-0.4, -0.2) is 37.4 Å². The predicted molar refractivity (Wildman–Crippen MR) is 118 cm³/mol. The number of aryl methyl sites for hydroxylation is 1. The zero-order valence-electron chi connectivity index (χ0n) is 17.8. The van der Waals surface area contributed by atoms with Crippen molar-refractivity contribution in [2.75, 3.05) is 11.9 Å². The molecule has 0 radical (unpaired) electrons. The Bertz CT molecular complexity index is 1080. The summed E-state index contributed by atoms with van der Waals surface area (Å²) in [7, 11) is 0. The largest absolute Gasteiger partial charge is 0.322 e. The molecule has 0 spiro atoms. The van der Waals surface area contributed by atoms with Gasteiger partial charge >= 0.3 is 6.03 Å². The van der Waals surface area contributed by atoms with Crippen molar-refractivity contribution >= 4 is 11.7 Å². The first-order chi connectivity index (χ1) is 14.9. The number of carbonyl (C=O) groups excluding carboxylic acids is 1. The average molecular weight is 423 g/mol. The number of urea groups is 1. The fraction of sp³-hybridized carbons (Fsp3) is 0.348. The maximum atomic E-state index is 13.3. The van der Waals surface area contributed by atoms with Gasteiger partial charge in [0.05, 0.1) is 12.4 Å². The van der Waals surface area contributed by atoms with Gasteiger partial charge in [-0.05, 0) is 56.4 Å². The smallest absolute Gasteiger partial charge is 0.312 e. The summed E-state index contributed by atoms with van der Waals surface area (Å²) in [6.45, 7) is 6.74. The number of nitrogens with zero attached hydrogens (tertiary/aromatic N) is 5. The topological polar surface area (TPSA) is 83.9 Å². The van der Waals surface area contributed by atoms with Crippen molar-refractivity contribution in [1.82, 2.24) is 24.8 Å². The van der Waals surface area contributed by atoms with Gasteiger partial charge in [0.1, 0.15) is 5.54 Å². The molecule has 0 saturated carbocycles. The third kappa shape index (κ3) is 4.23. The minimum Gasteiger partial charge on any atom is -0.312 e. The van der Waals surface area contributed by atoms with Gasteiger partial charge in [0, 0.05) is 31.6 Å². The molecule has 1 aromatic carbocycles. The second-order valence-corrected chi connectivity index (χ2v) is 8.28. The molecule has 0 unspecified atom stereocenters. The van der Waals surface area contributed by atoms with Crippen LogP contribution in [0.5, 0.6) is 0 Å². The van der Waals surface area contributed by atoms with Gasteiger partial charge in [-0.15, -0.1) is 0 Å². The molecule has 2 atom stereocenters. The first-order valence-corrected chi connectivity index (χ1v) is 10.3. The number of hydrogen-bond donors (Lipinski definition) is 1. The summed E-state index contributed by atoms with van der Waals surface area (Å²) in [5, 5.41) is 3.00. The Kier molecular flexibility index (Phi) is 5.63. The molecule has 4 rings (SSSR count). The van der Waals surface area contributed by atoms with E-state index in [1.54, 1.807) is 18.5 Å². The summed E-state index contributed by atoms with van der Waals surface area (Å²) in [4.78, 5) is 32.1. The normalized spacial score (nSPS) is 21.0. The summed E-state index contributed by atoms with van der Waals surface area (Å²) in [5.41, 5.74) is 1.68. The molecule has 0 aliphatic carbocycles. The molecule has 1 fully saturated rings. The van der Waals surface area contributed by atoms with Gasteiger partial charge in [-0.1, -0.05) is 13.0 Å². The maximum absolute atomic E-state index is 13.3. The molecule has 8 heteroatoms. The Morgan fingerprint density at radius 1 is 1.23 bits per heavy atom. The molecule has 31 heavy (non-hydrogen) atoms. The van der Waals surface area contributed by atoms with Gasteiger partial charge in [0.25, 0.3) is 0 Å². The number of piperidine rings is 1. The highest BCUT2D eigenvalue weighted by Gasteiger charge is 2.43. The number of anilines is 1. The van der Waals surface area contributed by atoms with Crippen LogP contribution in [0.25, 0.3) is 11.4 Å². The van der Waals surface area contributed by atoms with E-state index < -0.39 is 11.4 Å². The van der Waals surface area contributed by atoms with Crippen LogP contribution >= 0.6 is 0 Å². The number of hydrogen-bond acceptors (Lipinski definition) is 5. The maximum Gasteiger partial charge on any atom is 0.322 e. The van der Waals surface area contributed by atoms with E-state index in [4.69, 9.17) is 0 Å². The van der Waals surface area contributed by atoms with E-state index >= 15 is 0 Å². The first kappa shape index (κ1) is 20.8. The molecule has 1 aliphatic rings. The second-order valence-electron chi connectivity index (χ2n) is 8.28. The molecule has 3 aromatic rings. The monoisotopic (exact) mass is 422 g/mol. The van der Waals surface area contributed by atoms with Crippen LogP contribution in [0, 0.1) is 18.7 Å². The minimum atomic E-state index is -0.601. The summed E-state index contributed by atoms with van der Waals surface area (Å²) < 4.78 is 13.2. The molecule has 1 aliphatic heterocycles. The van der Waals surface area contributed by atoms with Crippen molar-refractivity contribution in [2.45, 2.75) is 39.2 Å². The van der Waals surface area contributed by atoms with Crippen molar-refractivity contribution in [2.24, 2.45) is 5.92 Å². The highest BCUT2D eigenvalue weighted by Crippen LogP contribution is 2.38. The molecule has 7 nitrogen and oxygen atoms in total. The first-order valence-electron chi connectivity index (χ1n) is 10.3. The fourth-order valence-electron chi connectivity index (χ4n) is 4.18. The van der Waals surface area contributed by atoms with Crippen LogP contribution in [0.3, 0.4) is 0 Å². The molecular formula is C23H27FN6O. The highest BCUT2D eigenvalue weighted by molar-refractivity contribution is 5.91. The Morgan fingerprint density at radius 2 is 1.94 bits per heavy atom.